The number of rotatable bonds is 5. The number of halogens is 1. The highest BCUT2D eigenvalue weighted by Gasteiger charge is 2.19. The van der Waals surface area contributed by atoms with E-state index >= 15 is 0 Å². The van der Waals surface area contributed by atoms with E-state index < -0.39 is 5.97 Å². The molecular weight excluding hydrogens is 300 g/mol. The predicted molar refractivity (Wildman–Crippen MR) is 70.3 cm³/mol. The van der Waals surface area contributed by atoms with Crippen LogP contribution in [0, 0.1) is 5.92 Å². The quantitative estimate of drug-likeness (QED) is 0.902. The van der Waals surface area contributed by atoms with Crippen LogP contribution in [0.4, 0.5) is 0 Å². The zero-order valence-electron chi connectivity index (χ0n) is 10.3. The normalized spacial score (nSPS) is 10.4. The summed E-state index contributed by atoms with van der Waals surface area (Å²) in [6.07, 6.45) is 3.00. The molecule has 1 N–H and O–H groups in total. The van der Waals surface area contributed by atoms with E-state index in [-0.39, 0.29) is 18.4 Å². The molecule has 6 heteroatoms. The van der Waals surface area contributed by atoms with Gasteiger partial charge in [-0.2, -0.15) is 0 Å². The lowest BCUT2D eigenvalue weighted by Crippen LogP contribution is -2.38. The largest absolute Gasteiger partial charge is 0.480 e. The second-order valence-electron chi connectivity index (χ2n) is 4.37. The molecule has 98 valence electrons. The van der Waals surface area contributed by atoms with Crippen LogP contribution in [-0.4, -0.2) is 40.0 Å². The van der Waals surface area contributed by atoms with Crippen LogP contribution in [0.1, 0.15) is 24.2 Å². The third kappa shape index (κ3) is 4.44. The van der Waals surface area contributed by atoms with Crippen LogP contribution in [0.2, 0.25) is 0 Å². The Morgan fingerprint density at radius 3 is 2.61 bits per heavy atom. The van der Waals surface area contributed by atoms with E-state index in [1.165, 1.54) is 11.1 Å². The first kappa shape index (κ1) is 14.6. The maximum Gasteiger partial charge on any atom is 0.323 e. The minimum atomic E-state index is -1.02. The number of amides is 1. The van der Waals surface area contributed by atoms with Gasteiger partial charge in [0.05, 0.1) is 5.56 Å². The first-order chi connectivity index (χ1) is 8.40. The van der Waals surface area contributed by atoms with Crippen molar-refractivity contribution in [1.29, 1.82) is 0 Å². The highest BCUT2D eigenvalue weighted by Crippen LogP contribution is 2.12. The maximum atomic E-state index is 12.2. The van der Waals surface area contributed by atoms with Crippen LogP contribution in [0.3, 0.4) is 0 Å². The average molecular weight is 315 g/mol. The van der Waals surface area contributed by atoms with Gasteiger partial charge in [0.15, 0.2) is 0 Å². The van der Waals surface area contributed by atoms with Gasteiger partial charge in [-0.15, -0.1) is 0 Å². The van der Waals surface area contributed by atoms with Gasteiger partial charge in [0.25, 0.3) is 5.91 Å². The zero-order valence-corrected chi connectivity index (χ0v) is 11.8. The van der Waals surface area contributed by atoms with E-state index in [0.29, 0.717) is 16.6 Å². The van der Waals surface area contributed by atoms with Gasteiger partial charge >= 0.3 is 5.97 Å². The first-order valence-corrected chi connectivity index (χ1v) is 6.31. The Morgan fingerprint density at radius 2 is 2.11 bits per heavy atom. The summed E-state index contributed by atoms with van der Waals surface area (Å²) in [5.41, 5.74) is 0.381. The summed E-state index contributed by atoms with van der Waals surface area (Å²) in [7, 11) is 0. The smallest absolute Gasteiger partial charge is 0.323 e. The Bertz CT molecular complexity index is 449. The van der Waals surface area contributed by atoms with Gasteiger partial charge in [0.1, 0.15) is 6.54 Å². The lowest BCUT2D eigenvalue weighted by Gasteiger charge is -2.22. The summed E-state index contributed by atoms with van der Waals surface area (Å²) in [4.78, 5) is 28.2. The first-order valence-electron chi connectivity index (χ1n) is 5.51. The minimum Gasteiger partial charge on any atom is -0.480 e. The topological polar surface area (TPSA) is 70.5 Å². The van der Waals surface area contributed by atoms with Gasteiger partial charge in [-0.05, 0) is 27.9 Å². The third-order valence-electron chi connectivity index (χ3n) is 2.15. The summed E-state index contributed by atoms with van der Waals surface area (Å²) < 4.78 is 0.688. The van der Waals surface area contributed by atoms with Gasteiger partial charge in [-0.25, -0.2) is 0 Å². The van der Waals surface area contributed by atoms with E-state index in [1.807, 2.05) is 13.8 Å². The number of aliphatic carboxylic acids is 1. The zero-order chi connectivity index (χ0) is 13.7. The second-order valence-corrected chi connectivity index (χ2v) is 5.28. The Morgan fingerprint density at radius 1 is 1.44 bits per heavy atom. The van der Waals surface area contributed by atoms with Crippen LogP contribution < -0.4 is 0 Å². The molecule has 1 aromatic rings. The fraction of sp³-hybridized carbons (Fsp3) is 0.417. The van der Waals surface area contributed by atoms with Crippen molar-refractivity contribution in [2.24, 2.45) is 5.92 Å². The summed E-state index contributed by atoms with van der Waals surface area (Å²) >= 11 is 3.23. The summed E-state index contributed by atoms with van der Waals surface area (Å²) in [6.45, 7) is 3.96. The summed E-state index contributed by atoms with van der Waals surface area (Å²) in [5, 5.41) is 8.83. The molecule has 0 unspecified atom stereocenters. The Kier molecular flexibility index (Phi) is 5.27. The van der Waals surface area contributed by atoms with Crippen molar-refractivity contribution in [3.05, 3.63) is 28.5 Å². The van der Waals surface area contributed by atoms with Gasteiger partial charge in [-0.3, -0.25) is 14.6 Å². The molecule has 0 bridgehead atoms. The predicted octanol–water partition coefficient (Wildman–Crippen LogP) is 2.03. The van der Waals surface area contributed by atoms with Crippen molar-refractivity contribution in [3.63, 3.8) is 0 Å². The lowest BCUT2D eigenvalue weighted by atomic mass is 10.2. The molecule has 18 heavy (non-hydrogen) atoms. The van der Waals surface area contributed by atoms with Crippen molar-refractivity contribution in [1.82, 2.24) is 9.88 Å². The molecule has 0 spiro atoms. The van der Waals surface area contributed by atoms with Crippen molar-refractivity contribution in [2.75, 3.05) is 13.1 Å². The summed E-state index contributed by atoms with van der Waals surface area (Å²) in [5.74, 6) is -1.14. The molecule has 0 saturated heterocycles. The fourth-order valence-electron chi connectivity index (χ4n) is 1.53. The molecule has 0 aliphatic heterocycles. The maximum absolute atomic E-state index is 12.2. The fourth-order valence-corrected chi connectivity index (χ4v) is 1.90. The number of carboxylic acids is 1. The molecule has 0 saturated carbocycles. The van der Waals surface area contributed by atoms with Gasteiger partial charge in [0.2, 0.25) is 0 Å². The molecule has 0 atom stereocenters. The standard InChI is InChI=1S/C12H15BrN2O3/c1-8(2)6-15(7-11(16)17)12(18)9-3-10(13)5-14-4-9/h3-5,8H,6-7H2,1-2H3,(H,16,17). The lowest BCUT2D eigenvalue weighted by molar-refractivity contribution is -0.137. The molecule has 0 radical (unpaired) electrons. The van der Waals surface area contributed by atoms with Crippen molar-refractivity contribution in [3.8, 4) is 0 Å². The van der Waals surface area contributed by atoms with Crippen LogP contribution in [-0.2, 0) is 4.79 Å². The molecular formula is C12H15BrN2O3. The van der Waals surface area contributed by atoms with Gasteiger partial charge < -0.3 is 10.0 Å². The molecule has 0 aliphatic rings. The minimum absolute atomic E-state index is 0.202. The average Bonchev–Trinajstić information content (AvgIpc) is 2.26. The number of aromatic nitrogens is 1. The number of carboxylic acid groups (broad SMARTS) is 1. The van der Waals surface area contributed by atoms with Crippen LogP contribution in [0.5, 0.6) is 0 Å². The van der Waals surface area contributed by atoms with Crippen LogP contribution in [0.25, 0.3) is 0 Å². The summed E-state index contributed by atoms with van der Waals surface area (Å²) in [6, 6.07) is 1.63. The molecule has 0 fully saturated rings. The molecule has 1 rings (SSSR count). The molecule has 1 amide bonds. The Hall–Kier alpha value is -1.43. The van der Waals surface area contributed by atoms with E-state index in [0.717, 1.165) is 0 Å². The van der Waals surface area contributed by atoms with E-state index in [2.05, 4.69) is 20.9 Å². The van der Waals surface area contributed by atoms with E-state index in [1.54, 1.807) is 12.3 Å². The third-order valence-corrected chi connectivity index (χ3v) is 2.58. The highest BCUT2D eigenvalue weighted by atomic mass is 79.9. The molecule has 1 heterocycles. The van der Waals surface area contributed by atoms with Crippen LogP contribution in [0.15, 0.2) is 22.9 Å². The number of carbonyl (C=O) groups is 2. The Labute approximate surface area is 114 Å². The monoisotopic (exact) mass is 314 g/mol. The van der Waals surface area contributed by atoms with Gasteiger partial charge in [0, 0.05) is 23.4 Å². The van der Waals surface area contributed by atoms with Gasteiger partial charge in [-0.1, -0.05) is 13.8 Å². The number of carbonyl (C=O) groups excluding carboxylic acids is 1. The number of hydrogen-bond acceptors (Lipinski definition) is 3. The van der Waals surface area contributed by atoms with Crippen LogP contribution >= 0.6 is 15.9 Å². The SMILES string of the molecule is CC(C)CN(CC(=O)O)C(=O)c1cncc(Br)c1. The number of hydrogen-bond donors (Lipinski definition) is 1. The second kappa shape index (κ2) is 6.49. The van der Waals surface area contributed by atoms with Crippen molar-refractivity contribution in [2.45, 2.75) is 13.8 Å². The van der Waals surface area contributed by atoms with Crippen molar-refractivity contribution >= 4 is 27.8 Å². The number of pyridine rings is 1. The molecule has 5 nitrogen and oxygen atoms in total. The Balaban J connectivity index is 2.90. The molecule has 0 aromatic carbocycles. The molecule has 0 aliphatic carbocycles. The van der Waals surface area contributed by atoms with E-state index in [4.69, 9.17) is 5.11 Å². The number of nitrogens with zero attached hydrogens (tertiary/aromatic N) is 2. The molecule has 1 aromatic heterocycles. The highest BCUT2D eigenvalue weighted by molar-refractivity contribution is 9.10. The van der Waals surface area contributed by atoms with E-state index in [9.17, 15) is 9.59 Å². The van der Waals surface area contributed by atoms with Crippen molar-refractivity contribution < 1.29 is 14.7 Å².